The molecule has 2 atom stereocenters. The first-order valence-electron chi connectivity index (χ1n) is 10.1. The monoisotopic (exact) mass is 407 g/mol. The molecule has 1 saturated heterocycles. The summed E-state index contributed by atoms with van der Waals surface area (Å²) in [4.78, 5) is 18.3. The van der Waals surface area contributed by atoms with E-state index in [4.69, 9.17) is 11.6 Å². The van der Waals surface area contributed by atoms with Gasteiger partial charge >= 0.3 is 0 Å². The first-order valence-corrected chi connectivity index (χ1v) is 10.5. The fraction of sp³-hybridized carbons (Fsp3) is 0.619. The molecule has 0 aliphatic carbocycles. The van der Waals surface area contributed by atoms with Crippen LogP contribution < -0.4 is 16.0 Å². The summed E-state index contributed by atoms with van der Waals surface area (Å²) in [6.45, 7) is 6.92. The molecule has 0 aromatic heterocycles. The Morgan fingerprint density at radius 2 is 2.04 bits per heavy atom. The third-order valence-electron chi connectivity index (χ3n) is 5.19. The van der Waals surface area contributed by atoms with Gasteiger partial charge in [-0.25, -0.2) is 0 Å². The van der Waals surface area contributed by atoms with E-state index >= 15 is 0 Å². The highest BCUT2D eigenvalue weighted by Gasteiger charge is 2.30. The van der Waals surface area contributed by atoms with Crippen molar-refractivity contribution in [1.82, 2.24) is 20.9 Å². The second kappa shape index (κ2) is 11.3. The summed E-state index contributed by atoms with van der Waals surface area (Å²) >= 11 is 6.23. The number of hydrogen-bond acceptors (Lipinski definition) is 3. The SMILES string of the molecule is CN=C(NCCNC(=O)C(C)C)NCC1CCCN(C)C1c1cccc(Cl)c1. The number of aliphatic imine (C=N–C) groups is 1. The van der Waals surface area contributed by atoms with Gasteiger partial charge in [0.1, 0.15) is 0 Å². The largest absolute Gasteiger partial charge is 0.356 e. The van der Waals surface area contributed by atoms with Crippen molar-refractivity contribution < 1.29 is 4.79 Å². The molecular formula is C21H34ClN5O. The lowest BCUT2D eigenvalue weighted by atomic mass is 9.85. The Bertz CT molecular complexity index is 664. The Morgan fingerprint density at radius 3 is 2.71 bits per heavy atom. The molecule has 6 nitrogen and oxygen atoms in total. The molecule has 0 saturated carbocycles. The van der Waals surface area contributed by atoms with Crippen molar-refractivity contribution in [2.45, 2.75) is 32.7 Å². The normalized spacial score (nSPS) is 20.9. The van der Waals surface area contributed by atoms with E-state index in [1.54, 1.807) is 7.05 Å². The van der Waals surface area contributed by atoms with Gasteiger partial charge in [0.25, 0.3) is 0 Å². The van der Waals surface area contributed by atoms with Crippen molar-refractivity contribution in [3.8, 4) is 0 Å². The fourth-order valence-electron chi connectivity index (χ4n) is 3.71. The highest BCUT2D eigenvalue weighted by molar-refractivity contribution is 6.30. The van der Waals surface area contributed by atoms with Gasteiger partial charge in [0.15, 0.2) is 5.96 Å². The zero-order valence-electron chi connectivity index (χ0n) is 17.5. The van der Waals surface area contributed by atoms with Gasteiger partial charge in [0, 0.05) is 43.7 Å². The number of benzene rings is 1. The molecule has 2 unspecified atom stereocenters. The maximum atomic E-state index is 11.6. The van der Waals surface area contributed by atoms with Crippen LogP contribution in [-0.4, -0.2) is 57.0 Å². The van der Waals surface area contributed by atoms with Crippen LogP contribution in [-0.2, 0) is 4.79 Å². The number of rotatable bonds is 7. The van der Waals surface area contributed by atoms with Crippen molar-refractivity contribution in [3.63, 3.8) is 0 Å². The molecular weight excluding hydrogens is 374 g/mol. The molecule has 0 spiro atoms. The van der Waals surface area contributed by atoms with Gasteiger partial charge in [-0.05, 0) is 50.0 Å². The number of carbonyl (C=O) groups excluding carboxylic acids is 1. The molecule has 1 aromatic rings. The molecule has 1 heterocycles. The minimum atomic E-state index is 0.00384. The minimum Gasteiger partial charge on any atom is -0.356 e. The lowest BCUT2D eigenvalue weighted by molar-refractivity contribution is -0.123. The topological polar surface area (TPSA) is 68.8 Å². The van der Waals surface area contributed by atoms with Crippen molar-refractivity contribution >= 4 is 23.5 Å². The third-order valence-corrected chi connectivity index (χ3v) is 5.43. The highest BCUT2D eigenvalue weighted by Crippen LogP contribution is 2.35. The summed E-state index contributed by atoms with van der Waals surface area (Å²) in [5, 5.41) is 10.4. The van der Waals surface area contributed by atoms with E-state index in [9.17, 15) is 4.79 Å². The maximum absolute atomic E-state index is 11.6. The van der Waals surface area contributed by atoms with Crippen LogP contribution >= 0.6 is 11.6 Å². The maximum Gasteiger partial charge on any atom is 0.222 e. The minimum absolute atomic E-state index is 0.00384. The predicted octanol–water partition coefficient (Wildman–Crippen LogP) is 2.66. The highest BCUT2D eigenvalue weighted by atomic mass is 35.5. The lowest BCUT2D eigenvalue weighted by Gasteiger charge is -2.40. The van der Waals surface area contributed by atoms with E-state index in [0.29, 0.717) is 25.0 Å². The Balaban J connectivity index is 1.88. The van der Waals surface area contributed by atoms with Crippen LogP contribution in [0.5, 0.6) is 0 Å². The van der Waals surface area contributed by atoms with Gasteiger partial charge in [-0.1, -0.05) is 37.6 Å². The number of nitrogens with one attached hydrogen (secondary N) is 3. The van der Waals surface area contributed by atoms with Gasteiger partial charge < -0.3 is 16.0 Å². The molecule has 3 N–H and O–H groups in total. The van der Waals surface area contributed by atoms with Crippen molar-refractivity contribution in [2.75, 3.05) is 40.3 Å². The summed E-state index contributed by atoms with van der Waals surface area (Å²) in [5.41, 5.74) is 1.26. The van der Waals surface area contributed by atoms with Crippen LogP contribution in [0.3, 0.4) is 0 Å². The number of hydrogen-bond donors (Lipinski definition) is 3. The van der Waals surface area contributed by atoms with Crippen LogP contribution in [0.25, 0.3) is 0 Å². The number of amides is 1. The molecule has 1 amide bonds. The number of likely N-dealkylation sites (tertiary alicyclic amines) is 1. The fourth-order valence-corrected chi connectivity index (χ4v) is 3.91. The summed E-state index contributed by atoms with van der Waals surface area (Å²) in [6.07, 6.45) is 2.35. The molecule has 1 aliphatic heterocycles. The van der Waals surface area contributed by atoms with Crippen molar-refractivity contribution in [3.05, 3.63) is 34.9 Å². The standard InChI is InChI=1S/C21H34ClN5O/c1-15(2)20(28)24-10-11-25-21(23-3)26-14-17-8-6-12-27(4)19(17)16-7-5-9-18(22)13-16/h5,7,9,13,15,17,19H,6,8,10-12,14H2,1-4H3,(H,24,28)(H2,23,25,26). The van der Waals surface area contributed by atoms with E-state index in [1.807, 2.05) is 26.0 Å². The third kappa shape index (κ3) is 6.67. The lowest BCUT2D eigenvalue weighted by Crippen LogP contribution is -2.46. The number of halogens is 1. The Labute approximate surface area is 174 Å². The number of nitrogens with zero attached hydrogens (tertiary/aromatic N) is 2. The van der Waals surface area contributed by atoms with E-state index in [1.165, 1.54) is 12.0 Å². The van der Waals surface area contributed by atoms with E-state index in [2.05, 4.69) is 45.0 Å². The number of guanidine groups is 1. The summed E-state index contributed by atoms with van der Waals surface area (Å²) in [5.74, 6) is 1.30. The summed E-state index contributed by atoms with van der Waals surface area (Å²) in [6, 6.07) is 8.52. The van der Waals surface area contributed by atoms with Gasteiger partial charge in [0.05, 0.1) is 0 Å². The molecule has 28 heavy (non-hydrogen) atoms. The average molecular weight is 408 g/mol. The van der Waals surface area contributed by atoms with Gasteiger partial charge in [0.2, 0.25) is 5.91 Å². The Morgan fingerprint density at radius 1 is 1.29 bits per heavy atom. The van der Waals surface area contributed by atoms with Crippen molar-refractivity contribution in [2.24, 2.45) is 16.8 Å². The summed E-state index contributed by atoms with van der Waals surface area (Å²) in [7, 11) is 3.95. The van der Waals surface area contributed by atoms with E-state index in [-0.39, 0.29) is 11.8 Å². The van der Waals surface area contributed by atoms with E-state index in [0.717, 1.165) is 30.5 Å². The quantitative estimate of drug-likeness (QED) is 0.369. The van der Waals surface area contributed by atoms with Crippen LogP contribution in [0, 0.1) is 11.8 Å². The zero-order chi connectivity index (χ0) is 20.5. The number of carbonyl (C=O) groups is 1. The molecule has 0 bridgehead atoms. The van der Waals surface area contributed by atoms with Crippen LogP contribution in [0.15, 0.2) is 29.3 Å². The number of piperidine rings is 1. The Hall–Kier alpha value is -1.79. The second-order valence-electron chi connectivity index (χ2n) is 7.71. The van der Waals surface area contributed by atoms with Crippen LogP contribution in [0.1, 0.15) is 38.3 Å². The Kier molecular flexibility index (Phi) is 9.06. The van der Waals surface area contributed by atoms with Gasteiger partial charge in [-0.2, -0.15) is 0 Å². The van der Waals surface area contributed by atoms with Gasteiger partial charge in [-0.3, -0.25) is 14.7 Å². The zero-order valence-corrected chi connectivity index (χ0v) is 18.2. The molecule has 2 rings (SSSR count). The predicted molar refractivity (Wildman–Crippen MR) is 117 cm³/mol. The average Bonchev–Trinajstić information content (AvgIpc) is 2.67. The van der Waals surface area contributed by atoms with Crippen LogP contribution in [0.2, 0.25) is 5.02 Å². The first kappa shape index (κ1) is 22.5. The van der Waals surface area contributed by atoms with Gasteiger partial charge in [-0.15, -0.1) is 0 Å². The van der Waals surface area contributed by atoms with Crippen LogP contribution in [0.4, 0.5) is 0 Å². The van der Waals surface area contributed by atoms with Crippen molar-refractivity contribution in [1.29, 1.82) is 0 Å². The first-order chi connectivity index (χ1) is 13.4. The summed E-state index contributed by atoms with van der Waals surface area (Å²) < 4.78 is 0. The molecule has 1 aliphatic rings. The molecule has 7 heteroatoms. The second-order valence-corrected chi connectivity index (χ2v) is 8.14. The molecule has 0 radical (unpaired) electrons. The molecule has 1 aromatic carbocycles. The molecule has 156 valence electrons. The van der Waals surface area contributed by atoms with E-state index < -0.39 is 0 Å². The smallest absolute Gasteiger partial charge is 0.222 e. The molecule has 1 fully saturated rings.